The van der Waals surface area contributed by atoms with E-state index >= 15 is 0 Å². The van der Waals surface area contributed by atoms with Crippen molar-refractivity contribution >= 4 is 27.7 Å². The largest absolute Gasteiger partial charge is 0.363 e. The van der Waals surface area contributed by atoms with E-state index in [0.717, 1.165) is 11.1 Å². The smallest absolute Gasteiger partial charge is 0.240 e. The number of anilines is 1. The third-order valence-corrected chi connectivity index (χ3v) is 7.08. The van der Waals surface area contributed by atoms with Gasteiger partial charge >= 0.3 is 0 Å². The van der Waals surface area contributed by atoms with Gasteiger partial charge in [0.1, 0.15) is 23.1 Å². The number of hydrogen-bond acceptors (Lipinski definition) is 7. The molecule has 2 atom stereocenters. The number of ether oxygens (including phenoxy) is 2. The lowest BCUT2D eigenvalue weighted by molar-refractivity contribution is -0.121. The first-order chi connectivity index (χ1) is 16.3. The fourth-order valence-electron chi connectivity index (χ4n) is 4.08. The van der Waals surface area contributed by atoms with Crippen LogP contribution in [0.15, 0.2) is 18.2 Å². The van der Waals surface area contributed by atoms with Gasteiger partial charge in [-0.3, -0.25) is 4.79 Å². The molecule has 8 nitrogen and oxygen atoms in total. The lowest BCUT2D eigenvalue weighted by Gasteiger charge is -2.25. The SMILES string of the molecule is Cc1nc(N[C@H](C)c2cccc(C#N)c2C)c(C2OCCO2)c(C(Br)C(=O)NC2(CF)CC2)n1. The minimum Gasteiger partial charge on any atom is -0.363 e. The highest BCUT2D eigenvalue weighted by Crippen LogP contribution is 2.40. The molecule has 1 aliphatic heterocycles. The van der Waals surface area contributed by atoms with Crippen LogP contribution in [0.3, 0.4) is 0 Å². The molecule has 180 valence electrons. The van der Waals surface area contributed by atoms with Crippen LogP contribution in [0.25, 0.3) is 0 Å². The number of benzene rings is 1. The van der Waals surface area contributed by atoms with Crippen LogP contribution in [0.4, 0.5) is 10.2 Å². The van der Waals surface area contributed by atoms with E-state index in [9.17, 15) is 14.4 Å². The molecule has 1 saturated carbocycles. The number of carbonyl (C=O) groups excluding carboxylic acids is 1. The van der Waals surface area contributed by atoms with Crippen LogP contribution >= 0.6 is 15.9 Å². The van der Waals surface area contributed by atoms with Crippen LogP contribution < -0.4 is 10.6 Å². The molecule has 1 saturated heterocycles. The summed E-state index contributed by atoms with van der Waals surface area (Å²) in [6, 6.07) is 7.59. The number of rotatable bonds is 8. The number of hydrogen-bond donors (Lipinski definition) is 2. The van der Waals surface area contributed by atoms with E-state index in [2.05, 4.69) is 42.6 Å². The Bertz CT molecular complexity index is 1130. The average Bonchev–Trinajstić information content (AvgIpc) is 3.38. The lowest BCUT2D eigenvalue weighted by Crippen LogP contribution is -2.40. The van der Waals surface area contributed by atoms with E-state index in [4.69, 9.17) is 9.47 Å². The summed E-state index contributed by atoms with van der Waals surface area (Å²) in [7, 11) is 0. The van der Waals surface area contributed by atoms with Crippen LogP contribution in [0, 0.1) is 25.2 Å². The van der Waals surface area contributed by atoms with Crippen molar-refractivity contribution in [1.29, 1.82) is 5.26 Å². The summed E-state index contributed by atoms with van der Waals surface area (Å²) in [6.45, 7) is 5.82. The number of amides is 1. The zero-order valence-corrected chi connectivity index (χ0v) is 20.9. The molecule has 10 heteroatoms. The van der Waals surface area contributed by atoms with Gasteiger partial charge in [0, 0.05) is 0 Å². The molecule has 2 fully saturated rings. The Balaban J connectivity index is 1.70. The van der Waals surface area contributed by atoms with Crippen molar-refractivity contribution in [2.45, 2.75) is 56.3 Å². The lowest BCUT2D eigenvalue weighted by atomic mass is 9.98. The average molecular weight is 532 g/mol. The fraction of sp³-hybridized carbons (Fsp3) is 0.500. The maximum absolute atomic E-state index is 13.4. The molecular formula is C24H27BrFN5O3. The molecular weight excluding hydrogens is 505 g/mol. The van der Waals surface area contributed by atoms with Crippen molar-refractivity contribution in [2.24, 2.45) is 0 Å². The molecule has 1 amide bonds. The third kappa shape index (κ3) is 4.92. The molecule has 4 rings (SSSR count). The van der Waals surface area contributed by atoms with Crippen molar-refractivity contribution < 1.29 is 18.7 Å². The predicted octanol–water partition coefficient (Wildman–Crippen LogP) is 4.24. The molecule has 2 aromatic rings. The molecule has 1 unspecified atom stereocenters. The van der Waals surface area contributed by atoms with Gasteiger partial charge in [-0.1, -0.05) is 28.1 Å². The molecule has 34 heavy (non-hydrogen) atoms. The van der Waals surface area contributed by atoms with Gasteiger partial charge in [-0.15, -0.1) is 0 Å². The topological polar surface area (TPSA) is 109 Å². The Labute approximate surface area is 206 Å². The minimum atomic E-state index is -0.847. The number of nitrogens with one attached hydrogen (secondary N) is 2. The molecule has 1 aromatic carbocycles. The van der Waals surface area contributed by atoms with Gasteiger partial charge < -0.3 is 20.1 Å². The zero-order valence-electron chi connectivity index (χ0n) is 19.3. The number of halogens is 2. The van der Waals surface area contributed by atoms with E-state index in [1.165, 1.54) is 0 Å². The number of carbonyl (C=O) groups is 1. The first kappa shape index (κ1) is 24.5. The molecule has 0 radical (unpaired) electrons. The quantitative estimate of drug-likeness (QED) is 0.490. The predicted molar refractivity (Wildman–Crippen MR) is 127 cm³/mol. The first-order valence-electron chi connectivity index (χ1n) is 11.2. The van der Waals surface area contributed by atoms with E-state index in [0.29, 0.717) is 54.5 Å². The Morgan fingerprint density at radius 3 is 2.65 bits per heavy atom. The van der Waals surface area contributed by atoms with Crippen molar-refractivity contribution in [1.82, 2.24) is 15.3 Å². The van der Waals surface area contributed by atoms with Crippen molar-refractivity contribution in [3.8, 4) is 6.07 Å². The summed E-state index contributed by atoms with van der Waals surface area (Å²) in [5.74, 6) is 0.564. The van der Waals surface area contributed by atoms with Crippen molar-refractivity contribution in [3.63, 3.8) is 0 Å². The van der Waals surface area contributed by atoms with E-state index in [1.807, 2.05) is 26.0 Å². The van der Waals surface area contributed by atoms with Crippen molar-refractivity contribution in [2.75, 3.05) is 25.2 Å². The molecule has 0 spiro atoms. The number of aromatic nitrogens is 2. The van der Waals surface area contributed by atoms with Gasteiger partial charge in [0.15, 0.2) is 6.29 Å². The fourth-order valence-corrected chi connectivity index (χ4v) is 4.55. The van der Waals surface area contributed by atoms with Crippen LogP contribution in [0.2, 0.25) is 0 Å². The van der Waals surface area contributed by atoms with Gasteiger partial charge in [0.25, 0.3) is 0 Å². The monoisotopic (exact) mass is 531 g/mol. The molecule has 1 aromatic heterocycles. The number of alkyl halides is 2. The highest BCUT2D eigenvalue weighted by molar-refractivity contribution is 9.09. The summed E-state index contributed by atoms with van der Waals surface area (Å²) in [5.41, 5.74) is 2.58. The van der Waals surface area contributed by atoms with Gasteiger partial charge in [-0.2, -0.15) is 5.26 Å². The Kier molecular flexibility index (Phi) is 7.17. The molecule has 2 aliphatic rings. The second-order valence-corrected chi connectivity index (χ2v) is 9.67. The number of nitriles is 1. The van der Waals surface area contributed by atoms with E-state index < -0.39 is 23.3 Å². The first-order valence-corrected chi connectivity index (χ1v) is 12.1. The highest BCUT2D eigenvalue weighted by Gasteiger charge is 2.45. The van der Waals surface area contributed by atoms with Crippen LogP contribution in [-0.2, 0) is 14.3 Å². The molecule has 0 bridgehead atoms. The maximum atomic E-state index is 13.4. The van der Waals surface area contributed by atoms with Gasteiger partial charge in [0.05, 0.1) is 47.7 Å². The highest BCUT2D eigenvalue weighted by atomic mass is 79.9. The van der Waals surface area contributed by atoms with Crippen LogP contribution in [0.1, 0.15) is 70.7 Å². The third-order valence-electron chi connectivity index (χ3n) is 6.23. The standard InChI is InChI=1S/C24H27BrFN5O3/c1-13-16(11-27)5-4-6-17(13)14(2)28-21-18(23-33-9-10-34-23)20(29-15(3)30-21)19(25)22(32)31-24(12-26)7-8-24/h4-6,14,19,23H,7-10,12H2,1-3H3,(H,31,32)(H,28,29,30)/t14-,19?/m1/s1. The summed E-state index contributed by atoms with van der Waals surface area (Å²) in [5, 5.41) is 15.6. The van der Waals surface area contributed by atoms with Gasteiger partial charge in [0.2, 0.25) is 5.91 Å². The van der Waals surface area contributed by atoms with Crippen LogP contribution in [0.5, 0.6) is 0 Å². The Morgan fingerprint density at radius 2 is 2.03 bits per heavy atom. The second-order valence-electron chi connectivity index (χ2n) is 8.76. The Hall–Kier alpha value is -2.61. The van der Waals surface area contributed by atoms with Gasteiger partial charge in [-0.05, 0) is 50.8 Å². The molecule has 2 N–H and O–H groups in total. The van der Waals surface area contributed by atoms with E-state index in [-0.39, 0.29) is 11.9 Å². The zero-order chi connectivity index (χ0) is 24.5. The number of nitrogens with zero attached hydrogens (tertiary/aromatic N) is 3. The normalized spacial score (nSPS) is 18.7. The minimum absolute atomic E-state index is 0.209. The second kappa shape index (κ2) is 9.94. The summed E-state index contributed by atoms with van der Waals surface area (Å²) in [6.07, 6.45) is 0.483. The summed E-state index contributed by atoms with van der Waals surface area (Å²) >= 11 is 3.47. The van der Waals surface area contributed by atoms with Crippen molar-refractivity contribution in [3.05, 3.63) is 52.0 Å². The maximum Gasteiger partial charge on any atom is 0.240 e. The summed E-state index contributed by atoms with van der Waals surface area (Å²) < 4.78 is 24.9. The van der Waals surface area contributed by atoms with Gasteiger partial charge in [-0.25, -0.2) is 14.4 Å². The molecule has 1 aliphatic carbocycles. The van der Waals surface area contributed by atoms with E-state index in [1.54, 1.807) is 13.0 Å². The molecule has 2 heterocycles. The van der Waals surface area contributed by atoms with Crippen LogP contribution in [-0.4, -0.2) is 41.3 Å². The summed E-state index contributed by atoms with van der Waals surface area (Å²) in [4.78, 5) is 21.3. The Morgan fingerprint density at radius 1 is 1.32 bits per heavy atom. The number of aryl methyl sites for hydroxylation is 1.